The maximum Gasteiger partial charge on any atom is 0.306 e. The van der Waals surface area contributed by atoms with Crippen molar-refractivity contribution in [2.75, 3.05) is 13.2 Å². The second kappa shape index (κ2) is 32.2. The van der Waals surface area contributed by atoms with E-state index in [9.17, 15) is 19.8 Å². The molecule has 0 spiro atoms. The third kappa shape index (κ3) is 32.1. The van der Waals surface area contributed by atoms with Crippen LogP contribution in [0.15, 0.2) is 72.9 Å². The van der Waals surface area contributed by atoms with Crippen molar-refractivity contribution in [3.63, 3.8) is 0 Å². The average molecular weight is 601 g/mol. The minimum atomic E-state index is -1.00. The van der Waals surface area contributed by atoms with E-state index in [1.165, 1.54) is 38.5 Å². The van der Waals surface area contributed by atoms with Crippen LogP contribution in [0.25, 0.3) is 0 Å². The summed E-state index contributed by atoms with van der Waals surface area (Å²) in [6.45, 7) is 3.97. The molecule has 6 heteroatoms. The Morgan fingerprint density at radius 1 is 0.605 bits per heavy atom. The molecule has 0 saturated carbocycles. The van der Waals surface area contributed by atoms with Crippen LogP contribution in [0, 0.1) is 0 Å². The largest absolute Gasteiger partial charge is 0.463 e. The number of carbonyl (C=O) groups is 2. The fourth-order valence-electron chi connectivity index (χ4n) is 4.02. The molecule has 0 radical (unpaired) electrons. The average Bonchev–Trinajstić information content (AvgIpc) is 3.00. The molecular weight excluding hydrogens is 540 g/mol. The van der Waals surface area contributed by atoms with Crippen molar-refractivity contribution in [2.45, 2.75) is 135 Å². The van der Waals surface area contributed by atoms with Gasteiger partial charge in [0.25, 0.3) is 0 Å². The van der Waals surface area contributed by atoms with Gasteiger partial charge in [-0.15, -0.1) is 0 Å². The lowest BCUT2D eigenvalue weighted by atomic mass is 10.1. The van der Waals surface area contributed by atoms with Gasteiger partial charge in [0.05, 0.1) is 6.10 Å². The molecule has 0 aromatic rings. The van der Waals surface area contributed by atoms with Crippen molar-refractivity contribution in [3.05, 3.63) is 72.9 Å². The number of rotatable bonds is 28. The van der Waals surface area contributed by atoms with Crippen LogP contribution in [-0.2, 0) is 19.1 Å². The second-order valence-electron chi connectivity index (χ2n) is 10.8. The zero-order valence-corrected chi connectivity index (χ0v) is 27.0. The van der Waals surface area contributed by atoms with E-state index >= 15 is 0 Å². The number of aliphatic hydroxyl groups excluding tert-OH is 2. The Bertz CT molecular complexity index is 836. The van der Waals surface area contributed by atoms with Crippen LogP contribution < -0.4 is 0 Å². The minimum absolute atomic E-state index is 0.151. The number of esters is 2. The first-order chi connectivity index (χ1) is 21.0. The summed E-state index contributed by atoms with van der Waals surface area (Å²) in [5, 5.41) is 19.7. The lowest BCUT2D eigenvalue weighted by molar-refractivity contribution is -0.152. The summed E-state index contributed by atoms with van der Waals surface area (Å²) in [5.41, 5.74) is 0. The molecule has 2 atom stereocenters. The summed E-state index contributed by atoms with van der Waals surface area (Å²) in [5.74, 6) is -0.691. The van der Waals surface area contributed by atoms with E-state index in [1.54, 1.807) is 6.08 Å². The van der Waals surface area contributed by atoms with Crippen LogP contribution in [0.1, 0.15) is 123 Å². The molecule has 0 fully saturated rings. The highest BCUT2D eigenvalue weighted by molar-refractivity contribution is 5.70. The molecule has 0 bridgehead atoms. The van der Waals surface area contributed by atoms with Crippen molar-refractivity contribution in [1.82, 2.24) is 0 Å². The van der Waals surface area contributed by atoms with Gasteiger partial charge in [0.1, 0.15) is 19.3 Å². The predicted octanol–water partition coefficient (Wildman–Crippen LogP) is 8.80. The van der Waals surface area contributed by atoms with Crippen molar-refractivity contribution >= 4 is 11.9 Å². The Kier molecular flexibility index (Phi) is 30.2. The van der Waals surface area contributed by atoms with Crippen LogP contribution in [0.5, 0.6) is 0 Å². The summed E-state index contributed by atoms with van der Waals surface area (Å²) in [7, 11) is 0. The van der Waals surface area contributed by atoms with Crippen LogP contribution in [0.3, 0.4) is 0 Å². The molecule has 6 nitrogen and oxygen atoms in total. The lowest BCUT2D eigenvalue weighted by Crippen LogP contribution is -2.25. The molecule has 0 rings (SSSR count). The number of hydrogen-bond donors (Lipinski definition) is 2. The molecule has 2 N–H and O–H groups in total. The summed E-state index contributed by atoms with van der Waals surface area (Å²) in [4.78, 5) is 23.7. The predicted molar refractivity (Wildman–Crippen MR) is 179 cm³/mol. The zero-order valence-electron chi connectivity index (χ0n) is 27.0. The number of allylic oxidation sites excluding steroid dienone is 10. The molecule has 0 amide bonds. The Morgan fingerprint density at radius 3 is 1.74 bits per heavy atom. The molecule has 1 unspecified atom stereocenters. The lowest BCUT2D eigenvalue weighted by Gasteiger charge is -2.12. The fraction of sp³-hybridized carbons (Fsp3) is 0.622. The van der Waals surface area contributed by atoms with Gasteiger partial charge in [-0.05, 0) is 44.9 Å². The van der Waals surface area contributed by atoms with Gasteiger partial charge in [-0.1, -0.05) is 138 Å². The van der Waals surface area contributed by atoms with Gasteiger partial charge in [-0.25, -0.2) is 0 Å². The zero-order chi connectivity index (χ0) is 31.6. The number of aliphatic hydroxyl groups is 2. The van der Waals surface area contributed by atoms with Crippen LogP contribution in [0.4, 0.5) is 0 Å². The van der Waals surface area contributed by atoms with Gasteiger partial charge in [0.2, 0.25) is 0 Å². The second-order valence-corrected chi connectivity index (χ2v) is 10.8. The van der Waals surface area contributed by atoms with Crippen molar-refractivity contribution in [1.29, 1.82) is 0 Å². The minimum Gasteiger partial charge on any atom is -0.463 e. The molecular formula is C37H60O6. The highest BCUT2D eigenvalue weighted by Crippen LogP contribution is 2.11. The van der Waals surface area contributed by atoms with E-state index in [1.807, 2.05) is 30.4 Å². The van der Waals surface area contributed by atoms with Gasteiger partial charge in [0.15, 0.2) is 0 Å². The summed E-state index contributed by atoms with van der Waals surface area (Å²) in [6, 6.07) is 0. The third-order valence-electron chi connectivity index (χ3n) is 6.55. The molecule has 244 valence electrons. The molecule has 0 aromatic carbocycles. The Balaban J connectivity index is 3.70. The van der Waals surface area contributed by atoms with Crippen molar-refractivity contribution in [3.8, 4) is 0 Å². The van der Waals surface area contributed by atoms with E-state index in [0.717, 1.165) is 44.9 Å². The van der Waals surface area contributed by atoms with Crippen LogP contribution in [-0.4, -0.2) is 47.6 Å². The maximum absolute atomic E-state index is 11.9. The normalized spacial score (nSPS) is 13.9. The first-order valence-electron chi connectivity index (χ1n) is 16.6. The topological polar surface area (TPSA) is 93.1 Å². The highest BCUT2D eigenvalue weighted by atomic mass is 16.6. The third-order valence-corrected chi connectivity index (χ3v) is 6.55. The number of carbonyl (C=O) groups excluding carboxylic acids is 2. The van der Waals surface area contributed by atoms with Crippen LogP contribution in [0.2, 0.25) is 0 Å². The highest BCUT2D eigenvalue weighted by Gasteiger charge is 2.11. The first-order valence-corrected chi connectivity index (χ1v) is 16.6. The van der Waals surface area contributed by atoms with E-state index in [-0.39, 0.29) is 31.6 Å². The molecule has 0 heterocycles. The standard InChI is InChI=1S/C37H60O6/c1-3-5-7-8-9-15-19-22-26-30-36(40)42-32-35(39)33-43-37(41)31-27-23-20-17-14-12-10-11-13-16-18-21-25-29-34(38)28-24-6-4-2/h6,11-14,18,20-21,23-25,29,34-35,38-39H,3-5,7-10,15-17,19,22,26-28,30-33H2,1-2H3/b13-11-,14-12-,21-18+,23-20-,24-6-,29-25+/t34?,35-/m0/s1. The Morgan fingerprint density at radius 2 is 1.14 bits per heavy atom. The van der Waals surface area contributed by atoms with Gasteiger partial charge in [-0.3, -0.25) is 9.59 Å². The monoisotopic (exact) mass is 600 g/mol. The summed E-state index contributed by atoms with van der Waals surface area (Å²) < 4.78 is 10.2. The van der Waals surface area contributed by atoms with Gasteiger partial charge < -0.3 is 19.7 Å². The van der Waals surface area contributed by atoms with E-state index in [4.69, 9.17) is 9.47 Å². The number of ether oxygens (including phenoxy) is 2. The van der Waals surface area contributed by atoms with Gasteiger partial charge in [0, 0.05) is 12.8 Å². The first kappa shape index (κ1) is 40.3. The molecule has 0 aliphatic heterocycles. The van der Waals surface area contributed by atoms with Gasteiger partial charge >= 0.3 is 11.9 Å². The maximum atomic E-state index is 11.9. The van der Waals surface area contributed by atoms with E-state index < -0.39 is 12.2 Å². The SMILES string of the molecule is CC/C=C\CC(O)/C=C/C=C/C/C=C\C/C=C\C/C=C\CCC(=O)OC[C@@H](O)COC(=O)CCCCCCCCCCC. The van der Waals surface area contributed by atoms with Gasteiger partial charge in [-0.2, -0.15) is 0 Å². The number of unbranched alkanes of at least 4 members (excludes halogenated alkanes) is 8. The molecule has 0 aliphatic carbocycles. The molecule has 43 heavy (non-hydrogen) atoms. The Hall–Kier alpha value is -2.70. The Labute approximate surface area is 262 Å². The summed E-state index contributed by atoms with van der Waals surface area (Å²) in [6.07, 6.45) is 38.6. The van der Waals surface area contributed by atoms with E-state index in [0.29, 0.717) is 19.3 Å². The smallest absolute Gasteiger partial charge is 0.306 e. The number of hydrogen-bond acceptors (Lipinski definition) is 6. The van der Waals surface area contributed by atoms with E-state index in [2.05, 4.69) is 50.3 Å². The van der Waals surface area contributed by atoms with Crippen LogP contribution >= 0.6 is 0 Å². The quantitative estimate of drug-likeness (QED) is 0.0403. The van der Waals surface area contributed by atoms with Crippen molar-refractivity contribution in [2.24, 2.45) is 0 Å². The summed E-state index contributed by atoms with van der Waals surface area (Å²) >= 11 is 0. The molecule has 0 saturated heterocycles. The fourth-order valence-corrected chi connectivity index (χ4v) is 4.02. The van der Waals surface area contributed by atoms with Crippen molar-refractivity contribution < 1.29 is 29.3 Å². The molecule has 0 aliphatic rings. The molecule has 0 aromatic heterocycles.